The van der Waals surface area contributed by atoms with E-state index in [1.54, 1.807) is 11.3 Å². The van der Waals surface area contributed by atoms with Crippen LogP contribution in [0.15, 0.2) is 17.8 Å². The molecule has 4 nitrogen and oxygen atoms in total. The predicted octanol–water partition coefficient (Wildman–Crippen LogP) is 2.35. The van der Waals surface area contributed by atoms with Crippen molar-refractivity contribution in [2.45, 2.75) is 19.9 Å². The van der Waals surface area contributed by atoms with Gasteiger partial charge < -0.3 is 5.32 Å². The second kappa shape index (κ2) is 3.79. The molecule has 74 valence electrons. The molecular formula is C9H12N4S. The minimum Gasteiger partial charge on any atom is -0.355 e. The fourth-order valence-corrected chi connectivity index (χ4v) is 1.96. The van der Waals surface area contributed by atoms with Crippen molar-refractivity contribution < 1.29 is 0 Å². The van der Waals surface area contributed by atoms with Crippen molar-refractivity contribution in [2.24, 2.45) is 0 Å². The van der Waals surface area contributed by atoms with Gasteiger partial charge in [0.15, 0.2) is 5.13 Å². The highest BCUT2D eigenvalue weighted by Crippen LogP contribution is 2.21. The SMILES string of the molecule is Cc1csc(NC(C)c2cn[nH]c2)n1. The number of aromatic nitrogens is 3. The number of nitrogens with zero attached hydrogens (tertiary/aromatic N) is 2. The van der Waals surface area contributed by atoms with Crippen molar-refractivity contribution in [1.82, 2.24) is 15.2 Å². The number of aryl methyl sites for hydroxylation is 1. The molecule has 0 aliphatic rings. The Morgan fingerprint density at radius 1 is 1.57 bits per heavy atom. The Hall–Kier alpha value is -1.36. The third kappa shape index (κ3) is 1.93. The van der Waals surface area contributed by atoms with E-state index in [1.807, 2.05) is 24.7 Å². The molecule has 1 unspecified atom stereocenters. The molecule has 0 saturated heterocycles. The van der Waals surface area contributed by atoms with Crippen molar-refractivity contribution in [3.8, 4) is 0 Å². The van der Waals surface area contributed by atoms with Crippen LogP contribution in [0.1, 0.15) is 24.2 Å². The maximum atomic E-state index is 4.34. The molecule has 14 heavy (non-hydrogen) atoms. The van der Waals surface area contributed by atoms with Gasteiger partial charge in [-0.3, -0.25) is 5.10 Å². The molecule has 0 bridgehead atoms. The second-order valence-corrected chi connectivity index (χ2v) is 4.05. The van der Waals surface area contributed by atoms with Gasteiger partial charge in [-0.2, -0.15) is 5.10 Å². The van der Waals surface area contributed by atoms with Gasteiger partial charge in [-0.15, -0.1) is 11.3 Å². The van der Waals surface area contributed by atoms with Gasteiger partial charge in [0, 0.05) is 17.1 Å². The van der Waals surface area contributed by atoms with Crippen LogP contribution in [0.2, 0.25) is 0 Å². The Morgan fingerprint density at radius 3 is 3.00 bits per heavy atom. The molecule has 0 spiro atoms. The van der Waals surface area contributed by atoms with Gasteiger partial charge in [0.05, 0.1) is 17.9 Å². The number of hydrogen-bond donors (Lipinski definition) is 2. The lowest BCUT2D eigenvalue weighted by Gasteiger charge is -2.09. The topological polar surface area (TPSA) is 53.6 Å². The number of anilines is 1. The van der Waals surface area contributed by atoms with E-state index in [9.17, 15) is 0 Å². The maximum absolute atomic E-state index is 4.34. The van der Waals surface area contributed by atoms with Crippen molar-refractivity contribution >= 4 is 16.5 Å². The van der Waals surface area contributed by atoms with Crippen LogP contribution in [0.3, 0.4) is 0 Å². The zero-order chi connectivity index (χ0) is 9.97. The largest absolute Gasteiger partial charge is 0.355 e. The Bertz CT molecular complexity index is 393. The lowest BCUT2D eigenvalue weighted by molar-refractivity contribution is 0.881. The van der Waals surface area contributed by atoms with Crippen molar-refractivity contribution in [2.75, 3.05) is 5.32 Å². The summed E-state index contributed by atoms with van der Waals surface area (Å²) < 4.78 is 0. The summed E-state index contributed by atoms with van der Waals surface area (Å²) in [5, 5.41) is 13.0. The highest BCUT2D eigenvalue weighted by Gasteiger charge is 2.07. The van der Waals surface area contributed by atoms with Gasteiger partial charge in [0.1, 0.15) is 0 Å². The van der Waals surface area contributed by atoms with E-state index < -0.39 is 0 Å². The van der Waals surface area contributed by atoms with E-state index in [0.717, 1.165) is 16.4 Å². The number of hydrogen-bond acceptors (Lipinski definition) is 4. The summed E-state index contributed by atoms with van der Waals surface area (Å²) in [7, 11) is 0. The van der Waals surface area contributed by atoms with E-state index in [2.05, 4.69) is 27.4 Å². The van der Waals surface area contributed by atoms with Gasteiger partial charge >= 0.3 is 0 Å². The van der Waals surface area contributed by atoms with Gasteiger partial charge in [0.2, 0.25) is 0 Å². The summed E-state index contributed by atoms with van der Waals surface area (Å²) in [5.41, 5.74) is 2.19. The van der Waals surface area contributed by atoms with Gasteiger partial charge in [-0.1, -0.05) is 0 Å². The third-order valence-electron chi connectivity index (χ3n) is 1.98. The summed E-state index contributed by atoms with van der Waals surface area (Å²) in [6.07, 6.45) is 3.70. The fraction of sp³-hybridized carbons (Fsp3) is 0.333. The minimum absolute atomic E-state index is 0.235. The summed E-state index contributed by atoms with van der Waals surface area (Å²) in [6.45, 7) is 4.08. The monoisotopic (exact) mass is 208 g/mol. The van der Waals surface area contributed by atoms with Crippen LogP contribution in [0, 0.1) is 6.92 Å². The Balaban J connectivity index is 2.05. The number of aromatic amines is 1. The molecule has 0 radical (unpaired) electrons. The molecule has 5 heteroatoms. The van der Waals surface area contributed by atoms with Crippen LogP contribution < -0.4 is 5.32 Å². The number of H-pyrrole nitrogens is 1. The Kier molecular flexibility index (Phi) is 2.49. The molecule has 0 aromatic carbocycles. The van der Waals surface area contributed by atoms with Gasteiger partial charge in [0.25, 0.3) is 0 Å². The van der Waals surface area contributed by atoms with Gasteiger partial charge in [-0.05, 0) is 13.8 Å². The average Bonchev–Trinajstić information content (AvgIpc) is 2.75. The molecule has 0 saturated carbocycles. The van der Waals surface area contributed by atoms with Crippen LogP contribution in [0.25, 0.3) is 0 Å². The molecule has 0 aliphatic heterocycles. The van der Waals surface area contributed by atoms with E-state index >= 15 is 0 Å². The van der Waals surface area contributed by atoms with E-state index in [-0.39, 0.29) is 6.04 Å². The fourth-order valence-electron chi connectivity index (χ4n) is 1.19. The summed E-state index contributed by atoms with van der Waals surface area (Å²) in [5.74, 6) is 0. The number of nitrogens with one attached hydrogen (secondary N) is 2. The average molecular weight is 208 g/mol. The summed E-state index contributed by atoms with van der Waals surface area (Å²) >= 11 is 1.62. The lowest BCUT2D eigenvalue weighted by atomic mass is 10.2. The van der Waals surface area contributed by atoms with Crippen LogP contribution in [-0.2, 0) is 0 Å². The Morgan fingerprint density at radius 2 is 2.43 bits per heavy atom. The highest BCUT2D eigenvalue weighted by molar-refractivity contribution is 7.13. The Labute approximate surface area is 86.4 Å². The van der Waals surface area contributed by atoms with Crippen LogP contribution in [-0.4, -0.2) is 15.2 Å². The van der Waals surface area contributed by atoms with Crippen molar-refractivity contribution in [1.29, 1.82) is 0 Å². The molecule has 1 atom stereocenters. The molecule has 2 N–H and O–H groups in total. The van der Waals surface area contributed by atoms with E-state index in [0.29, 0.717) is 0 Å². The summed E-state index contributed by atoms with van der Waals surface area (Å²) in [4.78, 5) is 4.34. The molecular weight excluding hydrogens is 196 g/mol. The number of rotatable bonds is 3. The third-order valence-corrected chi connectivity index (χ3v) is 2.87. The smallest absolute Gasteiger partial charge is 0.183 e. The highest BCUT2D eigenvalue weighted by atomic mass is 32.1. The lowest BCUT2D eigenvalue weighted by Crippen LogP contribution is -2.05. The molecule has 2 aromatic heterocycles. The zero-order valence-corrected chi connectivity index (χ0v) is 8.93. The quantitative estimate of drug-likeness (QED) is 0.814. The normalized spacial score (nSPS) is 12.7. The number of thiazole rings is 1. The van der Waals surface area contributed by atoms with Crippen molar-refractivity contribution in [3.63, 3.8) is 0 Å². The van der Waals surface area contributed by atoms with E-state index in [4.69, 9.17) is 0 Å². The van der Waals surface area contributed by atoms with Gasteiger partial charge in [-0.25, -0.2) is 4.98 Å². The first kappa shape index (κ1) is 9.21. The summed E-state index contributed by atoms with van der Waals surface area (Å²) in [6, 6.07) is 0.235. The minimum atomic E-state index is 0.235. The molecule has 0 amide bonds. The zero-order valence-electron chi connectivity index (χ0n) is 8.11. The van der Waals surface area contributed by atoms with Crippen molar-refractivity contribution in [3.05, 3.63) is 29.0 Å². The molecule has 2 aromatic rings. The standard InChI is InChI=1S/C9H12N4S/c1-6-5-14-9(12-6)13-7(2)8-3-10-11-4-8/h3-5,7H,1-2H3,(H,10,11)(H,12,13). The predicted molar refractivity (Wildman–Crippen MR) is 57.5 cm³/mol. The van der Waals surface area contributed by atoms with E-state index in [1.165, 1.54) is 0 Å². The molecule has 2 heterocycles. The first-order chi connectivity index (χ1) is 6.75. The van der Waals surface area contributed by atoms with Crippen LogP contribution >= 0.6 is 11.3 Å². The van der Waals surface area contributed by atoms with Crippen LogP contribution in [0.4, 0.5) is 5.13 Å². The van der Waals surface area contributed by atoms with Crippen LogP contribution in [0.5, 0.6) is 0 Å². The maximum Gasteiger partial charge on any atom is 0.183 e. The molecule has 0 fully saturated rings. The first-order valence-electron chi connectivity index (χ1n) is 4.43. The molecule has 2 rings (SSSR count). The molecule has 0 aliphatic carbocycles. The second-order valence-electron chi connectivity index (χ2n) is 3.19. The first-order valence-corrected chi connectivity index (χ1v) is 5.31.